The SMILES string of the molecule is C=CC(C)(C/C=C(\I)CO[Si](C)(C)C(C)(C)C)CCCO[Si](c1ccccc1)(c1ccccc1)C(C)(C)C. The summed E-state index contributed by atoms with van der Waals surface area (Å²) in [4.78, 5) is 0. The van der Waals surface area contributed by atoms with Gasteiger partial charge in [0.2, 0.25) is 0 Å². The van der Waals surface area contributed by atoms with E-state index in [1.54, 1.807) is 0 Å². The highest BCUT2D eigenvalue weighted by atomic mass is 127. The predicted octanol–water partition coefficient (Wildman–Crippen LogP) is 9.27. The summed E-state index contributed by atoms with van der Waals surface area (Å²) in [5, 5.41) is 2.90. The Bertz CT molecular complexity index is 997. The number of hydrogen-bond acceptors (Lipinski definition) is 2. The van der Waals surface area contributed by atoms with E-state index < -0.39 is 16.6 Å². The summed E-state index contributed by atoms with van der Waals surface area (Å²) in [6.07, 6.45) is 7.48. The Kier molecular flexibility index (Phi) is 11.9. The molecule has 0 amide bonds. The topological polar surface area (TPSA) is 18.5 Å². The third-order valence-electron chi connectivity index (χ3n) is 8.29. The van der Waals surface area contributed by atoms with E-state index in [9.17, 15) is 0 Å². The van der Waals surface area contributed by atoms with Crippen LogP contribution in [0.2, 0.25) is 23.2 Å². The van der Waals surface area contributed by atoms with E-state index in [-0.39, 0.29) is 15.5 Å². The Morgan fingerprint density at radius 3 is 1.74 bits per heavy atom. The lowest BCUT2D eigenvalue weighted by atomic mass is 9.82. The fourth-order valence-corrected chi connectivity index (χ4v) is 10.8. The van der Waals surface area contributed by atoms with Crippen LogP contribution in [0, 0.1) is 5.41 Å². The van der Waals surface area contributed by atoms with Crippen molar-refractivity contribution >= 4 is 49.6 Å². The molecule has 1 atom stereocenters. The molecule has 0 spiro atoms. The summed E-state index contributed by atoms with van der Waals surface area (Å²) < 4.78 is 14.8. The first kappa shape index (κ1) is 33.2. The molecule has 1 unspecified atom stereocenters. The van der Waals surface area contributed by atoms with Crippen molar-refractivity contribution in [3.63, 3.8) is 0 Å². The van der Waals surface area contributed by atoms with Gasteiger partial charge >= 0.3 is 0 Å². The van der Waals surface area contributed by atoms with Crippen molar-refractivity contribution in [2.24, 2.45) is 5.41 Å². The molecule has 0 N–H and O–H groups in total. The molecule has 0 aliphatic rings. The van der Waals surface area contributed by atoms with Crippen LogP contribution in [0.25, 0.3) is 0 Å². The van der Waals surface area contributed by atoms with E-state index in [4.69, 9.17) is 8.85 Å². The Hall–Kier alpha value is -0.996. The lowest BCUT2D eigenvalue weighted by molar-refractivity contribution is 0.261. The fourth-order valence-electron chi connectivity index (χ4n) is 4.62. The molecule has 5 heteroatoms. The van der Waals surface area contributed by atoms with E-state index >= 15 is 0 Å². The van der Waals surface area contributed by atoms with Gasteiger partial charge in [-0.05, 0) is 80.8 Å². The fraction of sp³-hybridized carbons (Fsp3) is 0.515. The molecule has 2 rings (SSSR count). The summed E-state index contributed by atoms with van der Waals surface area (Å²) >= 11 is 2.45. The van der Waals surface area contributed by atoms with E-state index in [1.807, 2.05) is 0 Å². The second-order valence-corrected chi connectivity index (χ2v) is 23.9. The minimum atomic E-state index is -2.49. The lowest BCUT2D eigenvalue weighted by Gasteiger charge is -2.43. The monoisotopic (exact) mass is 662 g/mol. The largest absolute Gasteiger partial charge is 0.412 e. The first-order valence-electron chi connectivity index (χ1n) is 14.0. The first-order valence-corrected chi connectivity index (χ1v) is 19.8. The van der Waals surface area contributed by atoms with Crippen LogP contribution >= 0.6 is 22.6 Å². The summed E-state index contributed by atoms with van der Waals surface area (Å²) in [7, 11) is -4.23. The normalized spacial score (nSPS) is 15.3. The molecule has 0 aromatic heterocycles. The Balaban J connectivity index is 2.12. The minimum Gasteiger partial charge on any atom is -0.412 e. The predicted molar refractivity (Wildman–Crippen MR) is 181 cm³/mol. The second-order valence-electron chi connectivity index (χ2n) is 13.4. The van der Waals surface area contributed by atoms with Gasteiger partial charge in [0.25, 0.3) is 8.32 Å². The zero-order valence-corrected chi connectivity index (χ0v) is 29.5. The summed E-state index contributed by atoms with van der Waals surface area (Å²) in [6.45, 7) is 26.5. The Morgan fingerprint density at radius 2 is 1.32 bits per heavy atom. The van der Waals surface area contributed by atoms with Gasteiger partial charge in [0.05, 0.1) is 6.61 Å². The summed E-state index contributed by atoms with van der Waals surface area (Å²) in [6, 6.07) is 21.8. The van der Waals surface area contributed by atoms with Gasteiger partial charge in [-0.3, -0.25) is 0 Å². The third-order valence-corrected chi connectivity index (χ3v) is 18.6. The molecule has 2 nitrogen and oxygen atoms in total. The highest BCUT2D eigenvalue weighted by Gasteiger charge is 2.50. The maximum Gasteiger partial charge on any atom is 0.261 e. The molecule has 0 bridgehead atoms. The molecular formula is C33H51IO2Si2. The molecule has 0 radical (unpaired) electrons. The summed E-state index contributed by atoms with van der Waals surface area (Å²) in [5.41, 5.74) is 0.0300. The molecule has 0 saturated carbocycles. The van der Waals surface area contributed by atoms with Gasteiger partial charge in [0.15, 0.2) is 8.32 Å². The minimum absolute atomic E-state index is 0.000439. The molecule has 2 aromatic rings. The Morgan fingerprint density at radius 1 is 0.816 bits per heavy atom. The number of allylic oxidation sites excluding steroid dienone is 2. The molecule has 0 saturated heterocycles. The van der Waals surface area contributed by atoms with Crippen LogP contribution in [0.5, 0.6) is 0 Å². The highest BCUT2D eigenvalue weighted by molar-refractivity contribution is 14.1. The molecule has 2 aromatic carbocycles. The van der Waals surface area contributed by atoms with Crippen molar-refractivity contribution in [2.75, 3.05) is 13.2 Å². The quantitative estimate of drug-likeness (QED) is 0.0922. The van der Waals surface area contributed by atoms with Crippen molar-refractivity contribution in [1.29, 1.82) is 0 Å². The van der Waals surface area contributed by atoms with Crippen LogP contribution in [0.4, 0.5) is 0 Å². The Labute approximate surface area is 249 Å². The van der Waals surface area contributed by atoms with E-state index in [0.717, 1.165) is 25.9 Å². The highest BCUT2D eigenvalue weighted by Crippen LogP contribution is 2.39. The van der Waals surface area contributed by atoms with Crippen LogP contribution in [-0.2, 0) is 8.85 Å². The third kappa shape index (κ3) is 8.50. The van der Waals surface area contributed by atoms with Gasteiger partial charge in [-0.15, -0.1) is 6.58 Å². The maximum absolute atomic E-state index is 7.11. The van der Waals surface area contributed by atoms with Crippen molar-refractivity contribution < 1.29 is 8.85 Å². The van der Waals surface area contributed by atoms with E-state index in [1.165, 1.54) is 14.0 Å². The molecule has 210 valence electrons. The number of hydrogen-bond donors (Lipinski definition) is 0. The van der Waals surface area contributed by atoms with Crippen LogP contribution < -0.4 is 10.4 Å². The van der Waals surface area contributed by atoms with Gasteiger partial charge in [0.1, 0.15) is 0 Å². The molecular weight excluding hydrogens is 611 g/mol. The average Bonchev–Trinajstić information content (AvgIpc) is 2.86. The molecule has 0 aliphatic heterocycles. The standard InChI is InChI=1S/C33H51IO2Si2/c1-11-33(8,25-23-28(34)27-36-37(9,10)31(2,3)4)24-18-26-35-38(32(5,6)7,29-19-14-12-15-20-29)30-21-16-13-17-22-30/h11-17,19-23H,1,18,24-27H2,2-10H3/b28-23-. The number of halogens is 1. The van der Waals surface area contributed by atoms with Crippen LogP contribution in [-0.4, -0.2) is 29.8 Å². The van der Waals surface area contributed by atoms with Crippen molar-refractivity contribution in [3.05, 3.63) is 83.0 Å². The second kappa shape index (κ2) is 13.6. The molecule has 38 heavy (non-hydrogen) atoms. The molecule has 0 aliphatic carbocycles. The molecule has 0 heterocycles. The lowest BCUT2D eigenvalue weighted by Crippen LogP contribution is -2.66. The van der Waals surface area contributed by atoms with Gasteiger partial charge in [-0.2, -0.15) is 0 Å². The average molecular weight is 663 g/mol. The first-order chi connectivity index (χ1) is 17.6. The number of benzene rings is 2. The van der Waals surface area contributed by atoms with E-state index in [2.05, 4.69) is 164 Å². The van der Waals surface area contributed by atoms with Crippen LogP contribution in [0.3, 0.4) is 0 Å². The number of rotatable bonds is 13. The van der Waals surface area contributed by atoms with Crippen LogP contribution in [0.15, 0.2) is 83.0 Å². The van der Waals surface area contributed by atoms with Gasteiger partial charge in [0, 0.05) is 10.2 Å². The zero-order valence-electron chi connectivity index (χ0n) is 25.4. The van der Waals surface area contributed by atoms with Crippen LogP contribution in [0.1, 0.15) is 67.7 Å². The van der Waals surface area contributed by atoms with Gasteiger partial charge < -0.3 is 8.85 Å². The van der Waals surface area contributed by atoms with Gasteiger partial charge in [-0.25, -0.2) is 0 Å². The zero-order chi connectivity index (χ0) is 28.7. The van der Waals surface area contributed by atoms with Crippen molar-refractivity contribution in [2.45, 2.75) is 90.9 Å². The van der Waals surface area contributed by atoms with E-state index in [0.29, 0.717) is 6.61 Å². The smallest absolute Gasteiger partial charge is 0.261 e. The summed E-state index contributed by atoms with van der Waals surface area (Å²) in [5.74, 6) is 0. The van der Waals surface area contributed by atoms with Crippen molar-refractivity contribution in [3.8, 4) is 0 Å². The molecule has 0 fully saturated rings. The van der Waals surface area contributed by atoms with Crippen molar-refractivity contribution in [1.82, 2.24) is 0 Å². The maximum atomic E-state index is 7.11. The van der Waals surface area contributed by atoms with Gasteiger partial charge in [-0.1, -0.05) is 121 Å².